The van der Waals surface area contributed by atoms with Crippen molar-refractivity contribution < 1.29 is 4.74 Å². The molecule has 0 saturated carbocycles. The molecule has 1 aromatic rings. The third kappa shape index (κ3) is 4.09. The Bertz CT molecular complexity index is 361. The zero-order valence-corrected chi connectivity index (χ0v) is 11.3. The van der Waals surface area contributed by atoms with E-state index in [0.717, 1.165) is 26.1 Å². The number of nitrogens with zero attached hydrogens (tertiary/aromatic N) is 1. The van der Waals surface area contributed by atoms with Crippen LogP contribution in [0.25, 0.3) is 0 Å². The molecule has 1 atom stereocenters. The smallest absolute Gasteiger partial charge is 0.0588 e. The van der Waals surface area contributed by atoms with Crippen molar-refractivity contribution in [3.63, 3.8) is 0 Å². The fourth-order valence-electron chi connectivity index (χ4n) is 2.48. The van der Waals surface area contributed by atoms with Gasteiger partial charge in [-0.15, -0.1) is 0 Å². The Balaban J connectivity index is 1.76. The number of ether oxygens (including phenoxy) is 1. The summed E-state index contributed by atoms with van der Waals surface area (Å²) >= 11 is 0. The van der Waals surface area contributed by atoms with Gasteiger partial charge in [0.1, 0.15) is 0 Å². The molecule has 1 saturated heterocycles. The monoisotopic (exact) mass is 248 g/mol. The molecule has 1 fully saturated rings. The van der Waals surface area contributed by atoms with Crippen molar-refractivity contribution in [2.75, 3.05) is 20.2 Å². The van der Waals surface area contributed by atoms with Crippen molar-refractivity contribution in [1.29, 1.82) is 0 Å². The molecule has 0 bridgehead atoms. The first-order chi connectivity index (χ1) is 8.78. The number of hydrogen-bond acceptors (Lipinski definition) is 3. The molecule has 1 heterocycles. The predicted molar refractivity (Wildman–Crippen MR) is 74.3 cm³/mol. The van der Waals surface area contributed by atoms with Crippen molar-refractivity contribution in [3.8, 4) is 0 Å². The molecule has 2 rings (SSSR count). The Labute approximate surface area is 110 Å². The minimum atomic E-state index is 0.489. The van der Waals surface area contributed by atoms with E-state index in [1.165, 1.54) is 24.0 Å². The van der Waals surface area contributed by atoms with Crippen LogP contribution in [0.5, 0.6) is 0 Å². The Hall–Kier alpha value is -0.900. The molecule has 1 aromatic carbocycles. The van der Waals surface area contributed by atoms with E-state index >= 15 is 0 Å². The lowest BCUT2D eigenvalue weighted by atomic mass is 10.1. The van der Waals surface area contributed by atoms with Gasteiger partial charge in [-0.25, -0.2) is 0 Å². The van der Waals surface area contributed by atoms with Crippen molar-refractivity contribution >= 4 is 0 Å². The first kappa shape index (κ1) is 13.5. The summed E-state index contributed by atoms with van der Waals surface area (Å²) in [5, 5.41) is 0. The van der Waals surface area contributed by atoms with Crippen LogP contribution in [0.3, 0.4) is 0 Å². The van der Waals surface area contributed by atoms with Crippen molar-refractivity contribution in [1.82, 2.24) is 4.90 Å². The minimum absolute atomic E-state index is 0.489. The van der Waals surface area contributed by atoms with E-state index in [0.29, 0.717) is 12.6 Å². The third-order valence-electron chi connectivity index (χ3n) is 3.54. The van der Waals surface area contributed by atoms with E-state index < -0.39 is 0 Å². The first-order valence-electron chi connectivity index (χ1n) is 6.86. The van der Waals surface area contributed by atoms with Crippen LogP contribution in [-0.4, -0.2) is 31.2 Å². The largest absolute Gasteiger partial charge is 0.378 e. The highest BCUT2D eigenvalue weighted by atomic mass is 16.5. The highest BCUT2D eigenvalue weighted by Crippen LogP contribution is 2.16. The molecule has 1 unspecified atom stereocenters. The van der Waals surface area contributed by atoms with Crippen LogP contribution in [0.2, 0.25) is 0 Å². The Morgan fingerprint density at radius 3 is 2.94 bits per heavy atom. The summed E-state index contributed by atoms with van der Waals surface area (Å²) < 4.78 is 5.65. The van der Waals surface area contributed by atoms with Gasteiger partial charge in [-0.1, -0.05) is 24.3 Å². The van der Waals surface area contributed by atoms with Crippen LogP contribution in [-0.2, 0) is 17.8 Å². The Morgan fingerprint density at radius 1 is 1.39 bits per heavy atom. The van der Waals surface area contributed by atoms with Crippen molar-refractivity contribution in [3.05, 3.63) is 35.4 Å². The van der Waals surface area contributed by atoms with Gasteiger partial charge in [-0.2, -0.15) is 0 Å². The SMILES string of the molecule is CN(CCC1CCCO1)Cc1cccc(CN)c1. The van der Waals surface area contributed by atoms with Gasteiger partial charge in [-0.05, 0) is 37.4 Å². The highest BCUT2D eigenvalue weighted by Gasteiger charge is 2.15. The van der Waals surface area contributed by atoms with Gasteiger partial charge in [0, 0.05) is 26.2 Å². The van der Waals surface area contributed by atoms with E-state index in [4.69, 9.17) is 10.5 Å². The fourth-order valence-corrected chi connectivity index (χ4v) is 2.48. The second-order valence-electron chi connectivity index (χ2n) is 5.19. The van der Waals surface area contributed by atoms with E-state index in [9.17, 15) is 0 Å². The lowest BCUT2D eigenvalue weighted by Crippen LogP contribution is -2.23. The molecule has 18 heavy (non-hydrogen) atoms. The molecule has 2 N–H and O–H groups in total. The van der Waals surface area contributed by atoms with Crippen LogP contribution in [0.4, 0.5) is 0 Å². The van der Waals surface area contributed by atoms with Crippen LogP contribution in [0, 0.1) is 0 Å². The van der Waals surface area contributed by atoms with E-state index in [1.54, 1.807) is 0 Å². The summed E-state index contributed by atoms with van der Waals surface area (Å²) in [6.07, 6.45) is 4.10. The average molecular weight is 248 g/mol. The summed E-state index contributed by atoms with van der Waals surface area (Å²) in [5.41, 5.74) is 8.21. The zero-order chi connectivity index (χ0) is 12.8. The Kier molecular flexibility index (Phi) is 5.17. The van der Waals surface area contributed by atoms with Gasteiger partial charge < -0.3 is 15.4 Å². The maximum atomic E-state index is 5.66. The lowest BCUT2D eigenvalue weighted by molar-refractivity contribution is 0.0944. The van der Waals surface area contributed by atoms with Gasteiger partial charge in [0.15, 0.2) is 0 Å². The molecule has 0 spiro atoms. The summed E-state index contributed by atoms with van der Waals surface area (Å²) in [7, 11) is 2.17. The lowest BCUT2D eigenvalue weighted by Gasteiger charge is -2.19. The molecular formula is C15H24N2O. The van der Waals surface area contributed by atoms with E-state index in [1.807, 2.05) is 0 Å². The topological polar surface area (TPSA) is 38.5 Å². The first-order valence-corrected chi connectivity index (χ1v) is 6.86. The summed E-state index contributed by atoms with van der Waals surface area (Å²) in [5.74, 6) is 0. The number of rotatable bonds is 6. The van der Waals surface area contributed by atoms with Crippen molar-refractivity contribution in [2.45, 2.75) is 38.5 Å². The number of nitrogens with two attached hydrogens (primary N) is 1. The van der Waals surface area contributed by atoms with E-state index in [-0.39, 0.29) is 0 Å². The molecule has 1 aliphatic heterocycles. The maximum absolute atomic E-state index is 5.66. The Morgan fingerprint density at radius 2 is 2.22 bits per heavy atom. The van der Waals surface area contributed by atoms with Crippen LogP contribution in [0.15, 0.2) is 24.3 Å². The highest BCUT2D eigenvalue weighted by molar-refractivity contribution is 5.23. The molecule has 0 aromatic heterocycles. The quantitative estimate of drug-likeness (QED) is 0.838. The molecule has 0 aliphatic carbocycles. The fraction of sp³-hybridized carbons (Fsp3) is 0.600. The molecular weight excluding hydrogens is 224 g/mol. The average Bonchev–Trinajstić information content (AvgIpc) is 2.90. The number of benzene rings is 1. The second-order valence-corrected chi connectivity index (χ2v) is 5.19. The summed E-state index contributed by atoms with van der Waals surface area (Å²) in [6, 6.07) is 8.53. The normalized spacial score (nSPS) is 19.6. The standard InChI is InChI=1S/C15H24N2O/c1-17(8-7-15-6-3-9-18-15)12-14-5-2-4-13(10-14)11-16/h2,4-5,10,15H,3,6-9,11-12,16H2,1H3. The molecule has 100 valence electrons. The third-order valence-corrected chi connectivity index (χ3v) is 3.54. The molecule has 3 heteroatoms. The molecule has 0 amide bonds. The van der Waals surface area contributed by atoms with Gasteiger partial charge in [0.25, 0.3) is 0 Å². The van der Waals surface area contributed by atoms with Crippen molar-refractivity contribution in [2.24, 2.45) is 5.73 Å². The summed E-state index contributed by atoms with van der Waals surface area (Å²) in [4.78, 5) is 2.36. The minimum Gasteiger partial charge on any atom is -0.378 e. The van der Waals surface area contributed by atoms with Crippen LogP contribution < -0.4 is 5.73 Å². The van der Waals surface area contributed by atoms with Gasteiger partial charge in [0.05, 0.1) is 6.10 Å². The predicted octanol–water partition coefficient (Wildman–Crippen LogP) is 2.15. The van der Waals surface area contributed by atoms with Crippen LogP contribution >= 0.6 is 0 Å². The molecule has 3 nitrogen and oxygen atoms in total. The zero-order valence-electron chi connectivity index (χ0n) is 11.3. The summed E-state index contributed by atoms with van der Waals surface area (Å²) in [6.45, 7) is 3.65. The maximum Gasteiger partial charge on any atom is 0.0588 e. The number of hydrogen-bond donors (Lipinski definition) is 1. The molecule has 1 aliphatic rings. The molecule has 0 radical (unpaired) electrons. The van der Waals surface area contributed by atoms with Gasteiger partial charge in [-0.3, -0.25) is 0 Å². The van der Waals surface area contributed by atoms with Crippen LogP contribution in [0.1, 0.15) is 30.4 Å². The van der Waals surface area contributed by atoms with Gasteiger partial charge in [0.2, 0.25) is 0 Å². The second kappa shape index (κ2) is 6.88. The van der Waals surface area contributed by atoms with E-state index in [2.05, 4.69) is 36.2 Å². The van der Waals surface area contributed by atoms with Gasteiger partial charge >= 0.3 is 0 Å².